The molecule has 2 saturated heterocycles. The first-order chi connectivity index (χ1) is 11.7. The van der Waals surface area contributed by atoms with E-state index in [1.165, 1.54) is 0 Å². The lowest BCUT2D eigenvalue weighted by molar-refractivity contribution is -0.147. The highest BCUT2D eigenvalue weighted by Gasteiger charge is 2.42. The molecule has 0 aliphatic carbocycles. The van der Waals surface area contributed by atoms with Gasteiger partial charge in [-0.15, -0.1) is 24.8 Å². The van der Waals surface area contributed by atoms with E-state index < -0.39 is 5.41 Å². The van der Waals surface area contributed by atoms with Crippen molar-refractivity contribution >= 4 is 36.4 Å². The van der Waals surface area contributed by atoms with Gasteiger partial charge in [-0.05, 0) is 25.0 Å². The number of hydrogen-bond donors (Lipinski definition) is 1. The summed E-state index contributed by atoms with van der Waals surface area (Å²) in [6.45, 7) is 4.72. The number of ether oxygens (including phenoxy) is 2. The van der Waals surface area contributed by atoms with E-state index in [-0.39, 0.29) is 30.7 Å². The molecule has 148 valence electrons. The summed E-state index contributed by atoms with van der Waals surface area (Å²) in [7, 11) is 1.69. The number of piperazine rings is 1. The summed E-state index contributed by atoms with van der Waals surface area (Å²) in [5.74, 6) is 1.08. The molecule has 6 nitrogen and oxygen atoms in total. The van der Waals surface area contributed by atoms with Crippen molar-refractivity contribution in [3.8, 4) is 5.75 Å². The molecule has 1 aromatic carbocycles. The number of nitrogens with two attached hydrogens (primary N) is 1. The molecular weight excluding hydrogens is 377 g/mol. The molecular formula is C18H29Cl2N3O3. The summed E-state index contributed by atoms with van der Waals surface area (Å²) in [5.41, 5.74) is 6.64. The van der Waals surface area contributed by atoms with E-state index in [1.54, 1.807) is 7.11 Å². The Morgan fingerprint density at radius 1 is 1.15 bits per heavy atom. The molecule has 3 rings (SSSR count). The molecule has 2 fully saturated rings. The molecule has 0 saturated carbocycles. The van der Waals surface area contributed by atoms with Crippen LogP contribution in [0.5, 0.6) is 5.75 Å². The van der Waals surface area contributed by atoms with E-state index in [0.717, 1.165) is 50.5 Å². The Kier molecular flexibility index (Phi) is 8.96. The normalized spacial score (nSPS) is 19.2. The summed E-state index contributed by atoms with van der Waals surface area (Å²) in [6, 6.07) is 8.02. The van der Waals surface area contributed by atoms with Crippen LogP contribution in [0.15, 0.2) is 24.3 Å². The standard InChI is InChI=1S/C18H27N3O3.2ClH/c1-23-16-5-3-2-4-15(16)20-8-10-21(11-9-20)17(22)18(14-19)6-12-24-13-7-18;;/h2-5H,6-14,19H2,1H3;2*1H. The number of carbonyl (C=O) groups is 1. The van der Waals surface area contributed by atoms with Crippen molar-refractivity contribution in [2.24, 2.45) is 11.1 Å². The van der Waals surface area contributed by atoms with Gasteiger partial charge in [0.1, 0.15) is 5.75 Å². The number of carbonyl (C=O) groups excluding carboxylic acids is 1. The van der Waals surface area contributed by atoms with Crippen LogP contribution >= 0.6 is 24.8 Å². The van der Waals surface area contributed by atoms with Gasteiger partial charge in [-0.3, -0.25) is 4.79 Å². The number of benzene rings is 1. The maximum atomic E-state index is 13.0. The average molecular weight is 406 g/mol. The first kappa shape index (κ1) is 22.8. The maximum absolute atomic E-state index is 13.0. The second-order valence-corrected chi connectivity index (χ2v) is 6.55. The fourth-order valence-electron chi connectivity index (χ4n) is 3.64. The molecule has 0 atom stereocenters. The van der Waals surface area contributed by atoms with Gasteiger partial charge in [0, 0.05) is 45.9 Å². The Morgan fingerprint density at radius 3 is 2.35 bits per heavy atom. The van der Waals surface area contributed by atoms with Crippen molar-refractivity contribution in [3.63, 3.8) is 0 Å². The smallest absolute Gasteiger partial charge is 0.230 e. The molecule has 26 heavy (non-hydrogen) atoms. The molecule has 0 unspecified atom stereocenters. The lowest BCUT2D eigenvalue weighted by Crippen LogP contribution is -2.56. The molecule has 8 heteroatoms. The largest absolute Gasteiger partial charge is 0.495 e. The minimum atomic E-state index is -0.426. The van der Waals surface area contributed by atoms with E-state index in [0.29, 0.717) is 19.8 Å². The van der Waals surface area contributed by atoms with Crippen molar-refractivity contribution in [3.05, 3.63) is 24.3 Å². The van der Waals surface area contributed by atoms with E-state index >= 15 is 0 Å². The molecule has 2 aliphatic rings. The van der Waals surface area contributed by atoms with Gasteiger partial charge in [0.15, 0.2) is 0 Å². The summed E-state index contributed by atoms with van der Waals surface area (Å²) >= 11 is 0. The van der Waals surface area contributed by atoms with E-state index in [2.05, 4.69) is 11.0 Å². The van der Waals surface area contributed by atoms with Crippen LogP contribution in [0.1, 0.15) is 12.8 Å². The van der Waals surface area contributed by atoms with Crippen LogP contribution in [0.3, 0.4) is 0 Å². The molecule has 0 bridgehead atoms. The topological polar surface area (TPSA) is 68.0 Å². The van der Waals surface area contributed by atoms with Crippen LogP contribution in [0.2, 0.25) is 0 Å². The van der Waals surface area contributed by atoms with E-state index in [9.17, 15) is 4.79 Å². The lowest BCUT2D eigenvalue weighted by Gasteiger charge is -2.43. The summed E-state index contributed by atoms with van der Waals surface area (Å²) in [6.07, 6.45) is 1.46. The fraction of sp³-hybridized carbons (Fsp3) is 0.611. The Hall–Kier alpha value is -1.21. The summed E-state index contributed by atoms with van der Waals surface area (Å²) in [4.78, 5) is 17.3. The number of nitrogens with zero attached hydrogens (tertiary/aromatic N) is 2. The monoisotopic (exact) mass is 405 g/mol. The summed E-state index contributed by atoms with van der Waals surface area (Å²) in [5, 5.41) is 0. The molecule has 0 radical (unpaired) electrons. The van der Waals surface area contributed by atoms with Crippen LogP contribution in [0, 0.1) is 5.41 Å². The van der Waals surface area contributed by atoms with Crippen LogP contribution in [-0.4, -0.2) is 63.9 Å². The quantitative estimate of drug-likeness (QED) is 0.828. The number of para-hydroxylation sites is 2. The first-order valence-electron chi connectivity index (χ1n) is 8.65. The SMILES string of the molecule is COc1ccccc1N1CCN(C(=O)C2(CN)CCOCC2)CC1.Cl.Cl. The number of hydrogen-bond acceptors (Lipinski definition) is 5. The van der Waals surface area contributed by atoms with E-state index in [1.807, 2.05) is 23.1 Å². The number of anilines is 1. The Balaban J connectivity index is 0.00000169. The molecule has 1 amide bonds. The van der Waals surface area contributed by atoms with Gasteiger partial charge in [-0.2, -0.15) is 0 Å². The molecule has 0 spiro atoms. The molecule has 1 aromatic rings. The highest BCUT2D eigenvalue weighted by molar-refractivity contribution is 5.85. The number of amides is 1. The van der Waals surface area contributed by atoms with Crippen LogP contribution in [0.4, 0.5) is 5.69 Å². The van der Waals surface area contributed by atoms with Gasteiger partial charge in [0.2, 0.25) is 5.91 Å². The third-order valence-corrected chi connectivity index (χ3v) is 5.29. The van der Waals surface area contributed by atoms with Gasteiger partial charge in [-0.1, -0.05) is 12.1 Å². The average Bonchev–Trinajstić information content (AvgIpc) is 2.68. The molecule has 2 heterocycles. The van der Waals surface area contributed by atoms with Crippen molar-refractivity contribution in [2.75, 3.05) is 57.9 Å². The van der Waals surface area contributed by atoms with Gasteiger partial charge < -0.3 is 25.0 Å². The van der Waals surface area contributed by atoms with Gasteiger partial charge in [-0.25, -0.2) is 0 Å². The van der Waals surface area contributed by atoms with Crippen molar-refractivity contribution in [2.45, 2.75) is 12.8 Å². The maximum Gasteiger partial charge on any atom is 0.230 e. The number of methoxy groups -OCH3 is 1. The minimum Gasteiger partial charge on any atom is -0.495 e. The Labute approximate surface area is 167 Å². The summed E-state index contributed by atoms with van der Waals surface area (Å²) < 4.78 is 10.9. The highest BCUT2D eigenvalue weighted by Crippen LogP contribution is 2.33. The lowest BCUT2D eigenvalue weighted by atomic mass is 9.78. The fourth-order valence-corrected chi connectivity index (χ4v) is 3.64. The van der Waals surface area contributed by atoms with Crippen molar-refractivity contribution < 1.29 is 14.3 Å². The molecule has 2 aliphatic heterocycles. The highest BCUT2D eigenvalue weighted by atomic mass is 35.5. The zero-order chi connectivity index (χ0) is 17.0. The van der Waals surface area contributed by atoms with Crippen LogP contribution in [-0.2, 0) is 9.53 Å². The van der Waals surface area contributed by atoms with Crippen molar-refractivity contribution in [1.82, 2.24) is 4.90 Å². The predicted molar refractivity (Wildman–Crippen MR) is 108 cm³/mol. The zero-order valence-electron chi connectivity index (χ0n) is 15.2. The first-order valence-corrected chi connectivity index (χ1v) is 8.65. The van der Waals surface area contributed by atoms with Gasteiger partial charge in [0.25, 0.3) is 0 Å². The van der Waals surface area contributed by atoms with Crippen LogP contribution < -0.4 is 15.4 Å². The number of rotatable bonds is 4. The van der Waals surface area contributed by atoms with E-state index in [4.69, 9.17) is 15.2 Å². The molecule has 2 N–H and O–H groups in total. The third-order valence-electron chi connectivity index (χ3n) is 5.29. The third kappa shape index (κ3) is 4.55. The van der Waals surface area contributed by atoms with Gasteiger partial charge in [0.05, 0.1) is 18.2 Å². The van der Waals surface area contributed by atoms with Crippen molar-refractivity contribution in [1.29, 1.82) is 0 Å². The van der Waals surface area contributed by atoms with Crippen LogP contribution in [0.25, 0.3) is 0 Å². The zero-order valence-corrected chi connectivity index (χ0v) is 16.8. The second-order valence-electron chi connectivity index (χ2n) is 6.55. The Bertz CT molecular complexity index is 575. The predicted octanol–water partition coefficient (Wildman–Crippen LogP) is 1.94. The van der Waals surface area contributed by atoms with Gasteiger partial charge >= 0.3 is 0 Å². The molecule has 0 aromatic heterocycles. The number of halogens is 2. The Morgan fingerprint density at radius 2 is 1.77 bits per heavy atom. The minimum absolute atomic E-state index is 0. The second kappa shape index (κ2) is 10.2.